The number of hydrogen-bond acceptors (Lipinski definition) is 5. The van der Waals surface area contributed by atoms with Gasteiger partial charge in [-0.15, -0.1) is 0 Å². The minimum absolute atomic E-state index is 0.428. The van der Waals surface area contributed by atoms with Gasteiger partial charge in [-0.25, -0.2) is 5.48 Å². The Labute approximate surface area is 136 Å². The lowest BCUT2D eigenvalue weighted by Gasteiger charge is -2.53. The molecule has 6 heteroatoms. The van der Waals surface area contributed by atoms with Crippen LogP contribution < -0.4 is 5.48 Å². The first-order chi connectivity index (χ1) is 11.1. The topological polar surface area (TPSA) is 68.7 Å². The SMILES string of the molecule is CN1CC[C@@]2(CC[C@@H]2N2CCc3cc(C(=O)NO)cnc3C2)C1. The van der Waals surface area contributed by atoms with Crippen LogP contribution in [0.2, 0.25) is 0 Å². The molecule has 1 spiro atoms. The van der Waals surface area contributed by atoms with E-state index in [1.807, 2.05) is 6.07 Å². The Morgan fingerprint density at radius 1 is 1.43 bits per heavy atom. The number of carbonyl (C=O) groups is 1. The average molecular weight is 316 g/mol. The lowest BCUT2D eigenvalue weighted by molar-refractivity contribution is -0.0265. The zero-order chi connectivity index (χ0) is 16.0. The fraction of sp³-hybridized carbons (Fsp3) is 0.647. The third-order valence-corrected chi connectivity index (χ3v) is 6.08. The van der Waals surface area contributed by atoms with Crippen LogP contribution in [-0.2, 0) is 13.0 Å². The molecule has 2 aliphatic heterocycles. The number of amides is 1. The second-order valence-corrected chi connectivity index (χ2v) is 7.40. The van der Waals surface area contributed by atoms with Crippen molar-refractivity contribution in [3.05, 3.63) is 29.1 Å². The molecule has 124 valence electrons. The van der Waals surface area contributed by atoms with Gasteiger partial charge in [0.05, 0.1) is 11.3 Å². The molecular formula is C17H24N4O2. The number of hydroxylamine groups is 1. The smallest absolute Gasteiger partial charge is 0.276 e. The van der Waals surface area contributed by atoms with E-state index >= 15 is 0 Å². The van der Waals surface area contributed by atoms with Crippen LogP contribution in [0, 0.1) is 5.41 Å². The van der Waals surface area contributed by atoms with Crippen molar-refractivity contribution in [3.8, 4) is 0 Å². The monoisotopic (exact) mass is 316 g/mol. The van der Waals surface area contributed by atoms with Gasteiger partial charge in [-0.2, -0.15) is 0 Å². The molecule has 2 atom stereocenters. The van der Waals surface area contributed by atoms with E-state index in [0.29, 0.717) is 17.0 Å². The van der Waals surface area contributed by atoms with Gasteiger partial charge in [0.1, 0.15) is 0 Å². The lowest BCUT2D eigenvalue weighted by atomic mass is 9.63. The molecule has 0 unspecified atom stereocenters. The highest BCUT2D eigenvalue weighted by Crippen LogP contribution is 2.51. The molecule has 3 heterocycles. The van der Waals surface area contributed by atoms with Crippen molar-refractivity contribution in [3.63, 3.8) is 0 Å². The maximum absolute atomic E-state index is 11.5. The van der Waals surface area contributed by atoms with Crippen molar-refractivity contribution >= 4 is 5.91 Å². The third-order valence-electron chi connectivity index (χ3n) is 6.08. The summed E-state index contributed by atoms with van der Waals surface area (Å²) in [6.45, 7) is 4.37. The van der Waals surface area contributed by atoms with Crippen LogP contribution in [0.1, 0.15) is 40.9 Å². The highest BCUT2D eigenvalue weighted by molar-refractivity contribution is 5.93. The van der Waals surface area contributed by atoms with E-state index in [9.17, 15) is 4.79 Å². The summed E-state index contributed by atoms with van der Waals surface area (Å²) in [6.07, 6.45) is 6.47. The van der Waals surface area contributed by atoms with Gasteiger partial charge in [-0.3, -0.25) is 19.9 Å². The average Bonchev–Trinajstić information content (AvgIpc) is 2.97. The van der Waals surface area contributed by atoms with Crippen molar-refractivity contribution in [2.45, 2.75) is 38.3 Å². The van der Waals surface area contributed by atoms with E-state index in [2.05, 4.69) is 21.8 Å². The van der Waals surface area contributed by atoms with E-state index in [1.165, 1.54) is 32.4 Å². The molecule has 23 heavy (non-hydrogen) atoms. The quantitative estimate of drug-likeness (QED) is 0.630. The molecular weight excluding hydrogens is 292 g/mol. The number of aromatic nitrogens is 1. The summed E-state index contributed by atoms with van der Waals surface area (Å²) in [6, 6.07) is 2.55. The first kappa shape index (κ1) is 15.1. The van der Waals surface area contributed by atoms with Crippen LogP contribution in [0.4, 0.5) is 0 Å². The molecule has 2 N–H and O–H groups in total. The number of hydrogen-bond donors (Lipinski definition) is 2. The van der Waals surface area contributed by atoms with Gasteiger partial charge >= 0.3 is 0 Å². The van der Waals surface area contributed by atoms with Crippen LogP contribution in [-0.4, -0.2) is 58.6 Å². The highest BCUT2D eigenvalue weighted by atomic mass is 16.5. The summed E-state index contributed by atoms with van der Waals surface area (Å²) >= 11 is 0. The summed E-state index contributed by atoms with van der Waals surface area (Å²) in [5, 5.41) is 8.75. The maximum atomic E-state index is 11.5. The normalized spacial score (nSPS) is 31.0. The highest BCUT2D eigenvalue weighted by Gasteiger charge is 2.52. The second kappa shape index (κ2) is 5.54. The van der Waals surface area contributed by atoms with E-state index in [-0.39, 0.29) is 0 Å². The number of rotatable bonds is 2. The summed E-state index contributed by atoms with van der Waals surface area (Å²) in [5.41, 5.74) is 4.83. The first-order valence-corrected chi connectivity index (χ1v) is 8.46. The maximum Gasteiger partial charge on any atom is 0.276 e. The standard InChI is InChI=1S/C17H24N4O2/c1-20-7-5-17(11-20)4-2-15(17)21-6-3-12-8-13(16(22)19-23)9-18-14(12)10-21/h8-9,15,23H,2-7,10-11H2,1H3,(H,19,22)/t15-,17-/m0/s1. The van der Waals surface area contributed by atoms with Crippen LogP contribution in [0.5, 0.6) is 0 Å². The van der Waals surface area contributed by atoms with Gasteiger partial charge in [0.25, 0.3) is 5.91 Å². The Kier molecular flexibility index (Phi) is 3.63. The molecule has 6 nitrogen and oxygen atoms in total. The van der Waals surface area contributed by atoms with E-state index < -0.39 is 5.91 Å². The molecule has 1 aromatic heterocycles. The number of nitrogens with zero attached hydrogens (tertiary/aromatic N) is 3. The molecule has 0 bridgehead atoms. The minimum Gasteiger partial charge on any atom is -0.306 e. The Hall–Kier alpha value is -1.50. The molecule has 1 saturated heterocycles. The number of pyridine rings is 1. The Bertz CT molecular complexity index is 635. The van der Waals surface area contributed by atoms with Crippen molar-refractivity contribution < 1.29 is 10.0 Å². The van der Waals surface area contributed by atoms with Crippen LogP contribution in [0.3, 0.4) is 0 Å². The van der Waals surface area contributed by atoms with Crippen molar-refractivity contribution in [2.75, 3.05) is 26.7 Å². The van der Waals surface area contributed by atoms with Gasteiger partial charge in [0, 0.05) is 31.9 Å². The van der Waals surface area contributed by atoms with Gasteiger partial charge in [-0.05, 0) is 56.3 Å². The molecule has 4 rings (SSSR count). The summed E-state index contributed by atoms with van der Waals surface area (Å²) < 4.78 is 0. The van der Waals surface area contributed by atoms with Gasteiger partial charge in [-0.1, -0.05) is 0 Å². The van der Waals surface area contributed by atoms with Gasteiger partial charge in [0.2, 0.25) is 0 Å². The Morgan fingerprint density at radius 3 is 2.96 bits per heavy atom. The van der Waals surface area contributed by atoms with E-state index in [1.54, 1.807) is 11.7 Å². The fourth-order valence-corrected chi connectivity index (χ4v) is 4.72. The molecule has 1 amide bonds. The summed E-state index contributed by atoms with van der Waals surface area (Å²) in [4.78, 5) is 21.1. The largest absolute Gasteiger partial charge is 0.306 e. The number of nitrogens with one attached hydrogen (secondary N) is 1. The Morgan fingerprint density at radius 2 is 2.30 bits per heavy atom. The van der Waals surface area contributed by atoms with Gasteiger partial charge in [0.15, 0.2) is 0 Å². The lowest BCUT2D eigenvalue weighted by Crippen LogP contribution is -2.57. The zero-order valence-corrected chi connectivity index (χ0v) is 13.6. The predicted molar refractivity (Wildman–Crippen MR) is 85.2 cm³/mol. The molecule has 1 aliphatic carbocycles. The molecule has 3 aliphatic rings. The van der Waals surface area contributed by atoms with E-state index in [4.69, 9.17) is 5.21 Å². The van der Waals surface area contributed by atoms with Crippen molar-refractivity contribution in [1.82, 2.24) is 20.3 Å². The molecule has 1 saturated carbocycles. The molecule has 1 aromatic rings. The molecule has 0 radical (unpaired) electrons. The molecule has 2 fully saturated rings. The van der Waals surface area contributed by atoms with Crippen LogP contribution >= 0.6 is 0 Å². The molecule has 0 aromatic carbocycles. The first-order valence-electron chi connectivity index (χ1n) is 8.46. The predicted octanol–water partition coefficient (Wildman–Crippen LogP) is 1.04. The summed E-state index contributed by atoms with van der Waals surface area (Å²) in [5.74, 6) is -0.491. The number of carbonyl (C=O) groups excluding carboxylic acids is 1. The van der Waals surface area contributed by atoms with Crippen LogP contribution in [0.15, 0.2) is 12.3 Å². The van der Waals surface area contributed by atoms with E-state index in [0.717, 1.165) is 30.8 Å². The third kappa shape index (κ3) is 2.45. The number of likely N-dealkylation sites (tertiary alicyclic amines) is 1. The van der Waals surface area contributed by atoms with Crippen LogP contribution in [0.25, 0.3) is 0 Å². The van der Waals surface area contributed by atoms with Crippen molar-refractivity contribution in [1.29, 1.82) is 0 Å². The van der Waals surface area contributed by atoms with Crippen molar-refractivity contribution in [2.24, 2.45) is 5.41 Å². The zero-order valence-electron chi connectivity index (χ0n) is 13.6. The Balaban J connectivity index is 1.50. The minimum atomic E-state index is -0.491. The second-order valence-electron chi connectivity index (χ2n) is 7.40. The summed E-state index contributed by atoms with van der Waals surface area (Å²) in [7, 11) is 2.23. The van der Waals surface area contributed by atoms with Gasteiger partial charge < -0.3 is 4.90 Å². The number of fused-ring (bicyclic) bond motifs is 1. The fourth-order valence-electron chi connectivity index (χ4n) is 4.72.